The summed E-state index contributed by atoms with van der Waals surface area (Å²) in [5.74, 6) is -1.97. The lowest BCUT2D eigenvalue weighted by atomic mass is 10.2. The van der Waals surface area contributed by atoms with Crippen LogP contribution in [0.5, 0.6) is 0 Å². The molecule has 0 radical (unpaired) electrons. The van der Waals surface area contributed by atoms with Gasteiger partial charge >= 0.3 is 0 Å². The van der Waals surface area contributed by atoms with Gasteiger partial charge in [-0.15, -0.1) is 0 Å². The van der Waals surface area contributed by atoms with E-state index in [0.717, 1.165) is 13.0 Å². The van der Waals surface area contributed by atoms with Crippen molar-refractivity contribution in [3.63, 3.8) is 0 Å². The maximum atomic E-state index is 14.2. The minimum absolute atomic E-state index is 0.242. The second kappa shape index (κ2) is 6.54. The van der Waals surface area contributed by atoms with Gasteiger partial charge in [0.2, 0.25) is 15.7 Å². The van der Waals surface area contributed by atoms with Gasteiger partial charge in [-0.2, -0.15) is 0 Å². The van der Waals surface area contributed by atoms with E-state index in [2.05, 4.69) is 5.32 Å². The summed E-state index contributed by atoms with van der Waals surface area (Å²) in [6.45, 7) is 1.08. The fourth-order valence-corrected chi connectivity index (χ4v) is 3.39. The van der Waals surface area contributed by atoms with Crippen LogP contribution in [0.1, 0.15) is 6.92 Å². The van der Waals surface area contributed by atoms with E-state index in [1.807, 2.05) is 0 Å². The number of nitrogens with zero attached hydrogens (tertiary/aromatic N) is 1. The summed E-state index contributed by atoms with van der Waals surface area (Å²) in [4.78, 5) is 20.1. The summed E-state index contributed by atoms with van der Waals surface area (Å²) in [7, 11) is -4.29. The fraction of sp³-hybridized carbons (Fsp3) is 0.0714. The smallest absolute Gasteiger partial charge is 0.295 e. The molecule has 0 atom stereocenters. The largest absolute Gasteiger partial charge is 0.321 e. The van der Waals surface area contributed by atoms with Crippen molar-refractivity contribution in [2.24, 2.45) is 0 Å². The van der Waals surface area contributed by atoms with Gasteiger partial charge in [0.1, 0.15) is 16.4 Å². The molecular weight excluding hydrogens is 363 g/mol. The molecular formula is C14H10ClFN2O5S. The lowest BCUT2D eigenvalue weighted by molar-refractivity contribution is -0.384. The standard InChI is InChI=1S/C14H10ClFN2O5S/c1-8(19)17-12-7-14(11(16)6-13(12)18(20)21)24(22,23)10-4-2-9(15)3-5-10/h2-7H,1H3,(H,17,19). The van der Waals surface area contributed by atoms with Crippen LogP contribution in [0.4, 0.5) is 15.8 Å². The number of rotatable bonds is 4. The third-order valence-electron chi connectivity index (χ3n) is 2.97. The highest BCUT2D eigenvalue weighted by Crippen LogP contribution is 2.33. The van der Waals surface area contributed by atoms with E-state index in [1.165, 1.54) is 24.3 Å². The Labute approximate surface area is 141 Å². The molecule has 0 aliphatic rings. The Hall–Kier alpha value is -2.52. The number of hydrogen-bond donors (Lipinski definition) is 1. The van der Waals surface area contributed by atoms with E-state index in [0.29, 0.717) is 6.07 Å². The predicted octanol–water partition coefficient (Wildman–Crippen LogP) is 3.18. The van der Waals surface area contributed by atoms with Gasteiger partial charge in [0.25, 0.3) is 5.69 Å². The summed E-state index contributed by atoms with van der Waals surface area (Å²) >= 11 is 5.69. The molecule has 0 unspecified atom stereocenters. The molecule has 126 valence electrons. The highest BCUT2D eigenvalue weighted by atomic mass is 35.5. The van der Waals surface area contributed by atoms with Gasteiger partial charge in [-0.05, 0) is 30.3 Å². The number of amides is 1. The number of nitro benzene ring substituents is 1. The molecule has 0 fully saturated rings. The van der Waals surface area contributed by atoms with Crippen molar-refractivity contribution in [2.45, 2.75) is 16.7 Å². The van der Waals surface area contributed by atoms with Crippen LogP contribution in [-0.4, -0.2) is 19.2 Å². The van der Waals surface area contributed by atoms with Crippen LogP contribution in [0.2, 0.25) is 5.02 Å². The molecule has 0 bridgehead atoms. The summed E-state index contributed by atoms with van der Waals surface area (Å²) in [5.41, 5.74) is -1.17. The number of nitrogens with one attached hydrogen (secondary N) is 1. The van der Waals surface area contributed by atoms with E-state index in [4.69, 9.17) is 11.6 Å². The molecule has 1 amide bonds. The van der Waals surface area contributed by atoms with Crippen molar-refractivity contribution in [1.82, 2.24) is 0 Å². The molecule has 0 aliphatic heterocycles. The molecule has 10 heteroatoms. The Kier molecular flexibility index (Phi) is 4.86. The fourth-order valence-electron chi connectivity index (χ4n) is 1.93. The van der Waals surface area contributed by atoms with Crippen LogP contribution >= 0.6 is 11.6 Å². The van der Waals surface area contributed by atoms with E-state index >= 15 is 0 Å². The number of hydrogen-bond acceptors (Lipinski definition) is 5. The van der Waals surface area contributed by atoms with Crippen LogP contribution < -0.4 is 5.32 Å². The first-order valence-electron chi connectivity index (χ1n) is 6.39. The van der Waals surface area contributed by atoms with Crippen molar-refractivity contribution >= 4 is 38.7 Å². The number of anilines is 1. The second-order valence-electron chi connectivity index (χ2n) is 4.70. The zero-order valence-corrected chi connectivity index (χ0v) is 13.7. The number of sulfone groups is 1. The normalized spacial score (nSPS) is 11.1. The average Bonchev–Trinajstić information content (AvgIpc) is 2.48. The van der Waals surface area contributed by atoms with Crippen LogP contribution in [0, 0.1) is 15.9 Å². The second-order valence-corrected chi connectivity index (χ2v) is 7.05. The molecule has 2 aromatic rings. The number of carbonyl (C=O) groups is 1. The number of nitro groups is 1. The zero-order valence-electron chi connectivity index (χ0n) is 12.1. The van der Waals surface area contributed by atoms with Crippen molar-refractivity contribution in [2.75, 3.05) is 5.32 Å². The first-order chi connectivity index (χ1) is 11.1. The highest BCUT2D eigenvalue weighted by Gasteiger charge is 2.27. The quantitative estimate of drug-likeness (QED) is 0.655. The van der Waals surface area contributed by atoms with Gasteiger partial charge in [0.05, 0.1) is 15.9 Å². The Bertz CT molecular complexity index is 929. The first kappa shape index (κ1) is 17.8. The molecule has 2 aromatic carbocycles. The van der Waals surface area contributed by atoms with Crippen molar-refractivity contribution in [3.05, 3.63) is 57.4 Å². The van der Waals surface area contributed by atoms with E-state index < -0.39 is 42.8 Å². The molecule has 0 aliphatic carbocycles. The number of carbonyl (C=O) groups excluding carboxylic acids is 1. The topological polar surface area (TPSA) is 106 Å². The van der Waals surface area contributed by atoms with Gasteiger partial charge in [-0.25, -0.2) is 12.8 Å². The van der Waals surface area contributed by atoms with Crippen LogP contribution in [-0.2, 0) is 14.6 Å². The van der Waals surface area contributed by atoms with Gasteiger partial charge in [-0.3, -0.25) is 14.9 Å². The summed E-state index contributed by atoms with van der Waals surface area (Å²) in [6, 6.07) is 6.15. The van der Waals surface area contributed by atoms with E-state index in [1.54, 1.807) is 0 Å². The summed E-state index contributed by atoms with van der Waals surface area (Å²) in [6.07, 6.45) is 0. The number of halogens is 2. The van der Waals surface area contributed by atoms with Crippen LogP contribution in [0.25, 0.3) is 0 Å². The van der Waals surface area contributed by atoms with Gasteiger partial charge in [0.15, 0.2) is 0 Å². The summed E-state index contributed by atoms with van der Waals surface area (Å²) < 4.78 is 39.2. The van der Waals surface area contributed by atoms with Crippen molar-refractivity contribution < 1.29 is 22.5 Å². The molecule has 7 nitrogen and oxygen atoms in total. The number of benzene rings is 2. The molecule has 0 saturated heterocycles. The minimum atomic E-state index is -4.29. The summed E-state index contributed by atoms with van der Waals surface area (Å²) in [5, 5.41) is 13.4. The Morgan fingerprint density at radius 1 is 1.25 bits per heavy atom. The van der Waals surface area contributed by atoms with Gasteiger partial charge < -0.3 is 5.32 Å². The molecule has 0 heterocycles. The lowest BCUT2D eigenvalue weighted by Gasteiger charge is -2.09. The van der Waals surface area contributed by atoms with Crippen LogP contribution in [0.3, 0.4) is 0 Å². The first-order valence-corrected chi connectivity index (χ1v) is 8.25. The van der Waals surface area contributed by atoms with Crippen LogP contribution in [0.15, 0.2) is 46.2 Å². The molecule has 2 rings (SSSR count). The van der Waals surface area contributed by atoms with Crippen molar-refractivity contribution in [1.29, 1.82) is 0 Å². The van der Waals surface area contributed by atoms with Crippen molar-refractivity contribution in [3.8, 4) is 0 Å². The average molecular weight is 373 g/mol. The minimum Gasteiger partial charge on any atom is -0.321 e. The third-order valence-corrected chi connectivity index (χ3v) is 5.01. The molecule has 1 N–H and O–H groups in total. The highest BCUT2D eigenvalue weighted by molar-refractivity contribution is 7.91. The monoisotopic (exact) mass is 372 g/mol. The lowest BCUT2D eigenvalue weighted by Crippen LogP contribution is -2.11. The Balaban J connectivity index is 2.67. The van der Waals surface area contributed by atoms with Gasteiger partial charge in [-0.1, -0.05) is 11.6 Å². The Morgan fingerprint density at radius 2 is 1.83 bits per heavy atom. The SMILES string of the molecule is CC(=O)Nc1cc(S(=O)(=O)c2ccc(Cl)cc2)c(F)cc1[N+](=O)[O-]. The maximum absolute atomic E-state index is 14.2. The predicted molar refractivity (Wildman–Crippen MR) is 84.3 cm³/mol. The van der Waals surface area contributed by atoms with E-state index in [-0.39, 0.29) is 9.92 Å². The Morgan fingerprint density at radius 3 is 2.33 bits per heavy atom. The third kappa shape index (κ3) is 3.52. The zero-order chi connectivity index (χ0) is 18.1. The molecule has 0 saturated carbocycles. The van der Waals surface area contributed by atoms with Gasteiger partial charge in [0, 0.05) is 11.9 Å². The van der Waals surface area contributed by atoms with E-state index in [9.17, 15) is 27.7 Å². The maximum Gasteiger partial charge on any atom is 0.295 e. The molecule has 24 heavy (non-hydrogen) atoms. The molecule has 0 aromatic heterocycles. The molecule has 0 spiro atoms.